The number of carbonyl (C=O) groups excluding carboxylic acids is 1. The lowest BCUT2D eigenvalue weighted by Crippen LogP contribution is -2.26. The molecule has 0 unspecified atom stereocenters. The van der Waals surface area contributed by atoms with Crippen molar-refractivity contribution in [3.05, 3.63) is 76.5 Å². The van der Waals surface area contributed by atoms with E-state index in [1.807, 2.05) is 36.4 Å². The smallest absolute Gasteiger partial charge is 0.257 e. The Hall–Kier alpha value is -2.53. The number of hydrogen-bond acceptors (Lipinski definition) is 3. The lowest BCUT2D eigenvalue weighted by molar-refractivity contribution is 0.0772. The second-order valence-electron chi connectivity index (χ2n) is 5.45. The molecular formula is C19H16BrNO3. The van der Waals surface area contributed by atoms with Crippen LogP contribution in [-0.4, -0.2) is 23.0 Å². The van der Waals surface area contributed by atoms with Crippen molar-refractivity contribution in [1.29, 1.82) is 0 Å². The van der Waals surface area contributed by atoms with Crippen molar-refractivity contribution in [1.82, 2.24) is 4.90 Å². The van der Waals surface area contributed by atoms with Gasteiger partial charge < -0.3 is 14.4 Å². The highest BCUT2D eigenvalue weighted by Crippen LogP contribution is 2.25. The lowest BCUT2D eigenvalue weighted by atomic mass is 10.2. The highest BCUT2D eigenvalue weighted by molar-refractivity contribution is 9.10. The highest BCUT2D eigenvalue weighted by Gasteiger charge is 2.17. The number of hydrogen-bond donors (Lipinski definition) is 1. The number of aromatic hydroxyl groups is 1. The summed E-state index contributed by atoms with van der Waals surface area (Å²) in [6, 6.07) is 18.1. The summed E-state index contributed by atoms with van der Waals surface area (Å²) in [7, 11) is 1.68. The van der Waals surface area contributed by atoms with E-state index in [1.165, 1.54) is 11.0 Å². The molecule has 0 aliphatic carbocycles. The van der Waals surface area contributed by atoms with Crippen molar-refractivity contribution >= 4 is 21.8 Å². The molecule has 0 aliphatic heterocycles. The van der Waals surface area contributed by atoms with E-state index in [2.05, 4.69) is 15.9 Å². The summed E-state index contributed by atoms with van der Waals surface area (Å²) < 4.78 is 6.83. The fraction of sp³-hybridized carbons (Fsp3) is 0.105. The van der Waals surface area contributed by atoms with Crippen LogP contribution in [0.25, 0.3) is 11.3 Å². The van der Waals surface area contributed by atoms with E-state index in [1.54, 1.807) is 25.2 Å². The first kappa shape index (κ1) is 16.3. The zero-order valence-electron chi connectivity index (χ0n) is 13.1. The van der Waals surface area contributed by atoms with Gasteiger partial charge in [-0.3, -0.25) is 4.79 Å². The summed E-state index contributed by atoms with van der Waals surface area (Å²) >= 11 is 3.40. The molecule has 3 rings (SSSR count). The third kappa shape index (κ3) is 3.51. The summed E-state index contributed by atoms with van der Waals surface area (Å²) in [4.78, 5) is 13.9. The van der Waals surface area contributed by atoms with Gasteiger partial charge in [0.15, 0.2) is 0 Å². The molecule has 1 heterocycles. The van der Waals surface area contributed by atoms with Gasteiger partial charge in [0, 0.05) is 17.1 Å². The Balaban J connectivity index is 1.73. The molecule has 122 valence electrons. The molecule has 0 fully saturated rings. The van der Waals surface area contributed by atoms with Crippen LogP contribution in [0.2, 0.25) is 0 Å². The van der Waals surface area contributed by atoms with Gasteiger partial charge in [-0.2, -0.15) is 0 Å². The standard InChI is InChI=1S/C19H16BrNO3/c1-21(19(23)16-4-2-3-5-17(16)22)12-15-10-11-18(24-15)13-6-8-14(20)9-7-13/h2-11,22H,12H2,1H3. The van der Waals surface area contributed by atoms with Crippen LogP contribution in [0.1, 0.15) is 16.1 Å². The van der Waals surface area contributed by atoms with Crippen molar-refractivity contribution in [3.63, 3.8) is 0 Å². The second kappa shape index (κ2) is 6.93. The Morgan fingerprint density at radius 1 is 1.08 bits per heavy atom. The van der Waals surface area contributed by atoms with Crippen molar-refractivity contribution in [2.75, 3.05) is 7.05 Å². The molecule has 4 nitrogen and oxygen atoms in total. The Morgan fingerprint density at radius 3 is 2.50 bits per heavy atom. The minimum absolute atomic E-state index is 0.0238. The number of rotatable bonds is 4. The number of phenolic OH excluding ortho intramolecular Hbond substituents is 1. The molecule has 0 radical (unpaired) electrons. The molecule has 0 aliphatic rings. The number of nitrogens with zero attached hydrogens (tertiary/aromatic N) is 1. The van der Waals surface area contributed by atoms with Crippen LogP contribution >= 0.6 is 15.9 Å². The van der Waals surface area contributed by atoms with Gasteiger partial charge in [-0.25, -0.2) is 0 Å². The lowest BCUT2D eigenvalue weighted by Gasteiger charge is -2.16. The van der Waals surface area contributed by atoms with E-state index in [0.717, 1.165) is 15.8 Å². The number of halogens is 1. The van der Waals surface area contributed by atoms with Crippen LogP contribution in [0, 0.1) is 0 Å². The molecule has 5 heteroatoms. The summed E-state index contributed by atoms with van der Waals surface area (Å²) in [6.07, 6.45) is 0. The van der Waals surface area contributed by atoms with E-state index >= 15 is 0 Å². The van der Waals surface area contributed by atoms with E-state index < -0.39 is 0 Å². The molecule has 1 amide bonds. The monoisotopic (exact) mass is 385 g/mol. The summed E-state index contributed by atoms with van der Waals surface area (Å²) in [5.74, 6) is 1.15. The maximum absolute atomic E-state index is 12.4. The van der Waals surface area contributed by atoms with Gasteiger partial charge >= 0.3 is 0 Å². The van der Waals surface area contributed by atoms with E-state index in [-0.39, 0.29) is 17.2 Å². The number of para-hydroxylation sites is 1. The molecule has 0 bridgehead atoms. The van der Waals surface area contributed by atoms with Crippen molar-refractivity contribution in [2.45, 2.75) is 6.54 Å². The third-order valence-corrected chi connectivity index (χ3v) is 4.19. The van der Waals surface area contributed by atoms with Gasteiger partial charge in [-0.1, -0.05) is 40.2 Å². The Labute approximate surface area is 148 Å². The predicted molar refractivity (Wildman–Crippen MR) is 95.7 cm³/mol. The van der Waals surface area contributed by atoms with Crippen LogP contribution in [0.3, 0.4) is 0 Å². The number of furan rings is 1. The topological polar surface area (TPSA) is 53.7 Å². The molecule has 24 heavy (non-hydrogen) atoms. The van der Waals surface area contributed by atoms with Crippen LogP contribution in [0.4, 0.5) is 0 Å². The Morgan fingerprint density at radius 2 is 1.79 bits per heavy atom. The quantitative estimate of drug-likeness (QED) is 0.708. The van der Waals surface area contributed by atoms with Gasteiger partial charge in [0.25, 0.3) is 5.91 Å². The third-order valence-electron chi connectivity index (χ3n) is 3.66. The van der Waals surface area contributed by atoms with E-state index in [9.17, 15) is 9.90 Å². The number of carbonyl (C=O) groups is 1. The highest BCUT2D eigenvalue weighted by atomic mass is 79.9. The maximum Gasteiger partial charge on any atom is 0.257 e. The SMILES string of the molecule is CN(Cc1ccc(-c2ccc(Br)cc2)o1)C(=O)c1ccccc1O. The van der Waals surface area contributed by atoms with Gasteiger partial charge in [-0.05, 0) is 36.4 Å². The average Bonchev–Trinajstić information content (AvgIpc) is 3.04. The minimum atomic E-state index is -0.255. The first-order chi connectivity index (χ1) is 11.5. The molecule has 0 atom stereocenters. The van der Waals surface area contributed by atoms with Gasteiger partial charge in [-0.15, -0.1) is 0 Å². The molecule has 0 saturated heterocycles. The van der Waals surface area contributed by atoms with Crippen LogP contribution in [0.5, 0.6) is 5.75 Å². The molecule has 2 aromatic carbocycles. The summed E-state index contributed by atoms with van der Waals surface area (Å²) in [5, 5.41) is 9.80. The van der Waals surface area contributed by atoms with Crippen molar-refractivity contribution < 1.29 is 14.3 Å². The van der Waals surface area contributed by atoms with Crippen molar-refractivity contribution in [2.24, 2.45) is 0 Å². The maximum atomic E-state index is 12.4. The van der Waals surface area contributed by atoms with Crippen LogP contribution < -0.4 is 0 Å². The first-order valence-electron chi connectivity index (χ1n) is 7.42. The Kier molecular flexibility index (Phi) is 4.71. The number of phenols is 1. The Bertz CT molecular complexity index is 855. The van der Waals surface area contributed by atoms with Gasteiger partial charge in [0.2, 0.25) is 0 Å². The summed E-state index contributed by atoms with van der Waals surface area (Å²) in [5.41, 5.74) is 1.25. The fourth-order valence-corrected chi connectivity index (χ4v) is 2.66. The number of benzene rings is 2. The minimum Gasteiger partial charge on any atom is -0.507 e. The zero-order valence-corrected chi connectivity index (χ0v) is 14.7. The molecule has 3 aromatic rings. The predicted octanol–water partition coefficient (Wildman–Crippen LogP) is 4.69. The largest absolute Gasteiger partial charge is 0.507 e. The van der Waals surface area contributed by atoms with Crippen LogP contribution in [-0.2, 0) is 6.54 Å². The molecular weight excluding hydrogens is 370 g/mol. The number of amides is 1. The normalized spacial score (nSPS) is 10.6. The molecule has 1 aromatic heterocycles. The average molecular weight is 386 g/mol. The van der Waals surface area contributed by atoms with Gasteiger partial charge in [0.05, 0.1) is 12.1 Å². The zero-order chi connectivity index (χ0) is 17.1. The first-order valence-corrected chi connectivity index (χ1v) is 8.22. The van der Waals surface area contributed by atoms with Crippen molar-refractivity contribution in [3.8, 4) is 17.1 Å². The second-order valence-corrected chi connectivity index (χ2v) is 6.37. The van der Waals surface area contributed by atoms with Crippen LogP contribution in [0.15, 0.2) is 69.6 Å². The molecule has 0 saturated carbocycles. The van der Waals surface area contributed by atoms with E-state index in [4.69, 9.17) is 4.42 Å². The van der Waals surface area contributed by atoms with E-state index in [0.29, 0.717) is 12.3 Å². The summed E-state index contributed by atoms with van der Waals surface area (Å²) in [6.45, 7) is 0.323. The fourth-order valence-electron chi connectivity index (χ4n) is 2.40. The molecule has 0 spiro atoms. The van der Waals surface area contributed by atoms with Gasteiger partial charge in [0.1, 0.15) is 17.3 Å². The molecule has 1 N–H and O–H groups in total.